The highest BCUT2D eigenvalue weighted by atomic mass is 32.2. The van der Waals surface area contributed by atoms with Gasteiger partial charge in [0, 0.05) is 10.5 Å². The second-order valence-corrected chi connectivity index (χ2v) is 5.34. The number of benzene rings is 1. The van der Waals surface area contributed by atoms with Crippen LogP contribution < -0.4 is 0 Å². The smallest absolute Gasteiger partial charge is 0.391 e. The van der Waals surface area contributed by atoms with Crippen LogP contribution >= 0.6 is 11.8 Å². The zero-order valence-electron chi connectivity index (χ0n) is 11.3. The Kier molecular flexibility index (Phi) is 6.71. The molecule has 0 aromatic heterocycles. The van der Waals surface area contributed by atoms with Gasteiger partial charge in [0.15, 0.2) is 0 Å². The molecule has 21 heavy (non-hydrogen) atoms. The molecule has 0 amide bonds. The summed E-state index contributed by atoms with van der Waals surface area (Å²) in [6.07, 6.45) is 0.626. The number of unbranched alkanes of at least 4 members (excludes halogenated alkanes) is 1. The number of thioether (sulfide) groups is 1. The molecule has 0 atom stereocenters. The quantitative estimate of drug-likeness (QED) is 0.348. The molecule has 114 valence electrons. The SMILES string of the molecule is C=CCC/C=C(\CO)SC(=N)c1ccc(C(F)(F)F)cc1. The van der Waals surface area contributed by atoms with Crippen LogP contribution in [0.3, 0.4) is 0 Å². The van der Waals surface area contributed by atoms with Crippen molar-refractivity contribution in [2.24, 2.45) is 0 Å². The Balaban J connectivity index is 2.74. The van der Waals surface area contributed by atoms with Gasteiger partial charge in [-0.15, -0.1) is 6.58 Å². The highest BCUT2D eigenvalue weighted by Crippen LogP contribution is 2.30. The maximum absolute atomic E-state index is 12.4. The average Bonchev–Trinajstić information content (AvgIpc) is 2.45. The van der Waals surface area contributed by atoms with E-state index in [9.17, 15) is 18.3 Å². The molecule has 0 fully saturated rings. The van der Waals surface area contributed by atoms with Crippen molar-refractivity contribution in [3.63, 3.8) is 0 Å². The van der Waals surface area contributed by atoms with Crippen molar-refractivity contribution < 1.29 is 18.3 Å². The second kappa shape index (κ2) is 8.05. The molecule has 0 aliphatic carbocycles. The van der Waals surface area contributed by atoms with Crippen molar-refractivity contribution in [3.05, 3.63) is 59.0 Å². The van der Waals surface area contributed by atoms with Crippen LogP contribution in [0, 0.1) is 5.41 Å². The Labute approximate surface area is 125 Å². The molecule has 0 spiro atoms. The molecule has 0 unspecified atom stereocenters. The number of allylic oxidation sites excluding steroid dienone is 2. The van der Waals surface area contributed by atoms with E-state index < -0.39 is 11.7 Å². The minimum absolute atomic E-state index is 0.0997. The fourth-order valence-electron chi connectivity index (χ4n) is 1.50. The lowest BCUT2D eigenvalue weighted by Crippen LogP contribution is -2.05. The van der Waals surface area contributed by atoms with Gasteiger partial charge in [-0.2, -0.15) is 13.2 Å². The van der Waals surface area contributed by atoms with Crippen LogP contribution in [0.15, 0.2) is 47.9 Å². The van der Waals surface area contributed by atoms with Gasteiger partial charge in [-0.3, -0.25) is 5.41 Å². The largest absolute Gasteiger partial charge is 0.416 e. The third-order valence-corrected chi connectivity index (χ3v) is 3.60. The number of halogens is 3. The second-order valence-electron chi connectivity index (χ2n) is 4.20. The number of hydrogen-bond donors (Lipinski definition) is 2. The maximum Gasteiger partial charge on any atom is 0.416 e. The number of hydrogen-bond acceptors (Lipinski definition) is 3. The van der Waals surface area contributed by atoms with Crippen LogP contribution in [0.2, 0.25) is 0 Å². The van der Waals surface area contributed by atoms with Crippen molar-refractivity contribution >= 4 is 16.8 Å². The first-order valence-corrected chi connectivity index (χ1v) is 7.05. The molecule has 1 aromatic rings. The van der Waals surface area contributed by atoms with Gasteiger partial charge >= 0.3 is 6.18 Å². The predicted molar refractivity (Wildman–Crippen MR) is 80.5 cm³/mol. The van der Waals surface area contributed by atoms with E-state index >= 15 is 0 Å². The molecule has 1 rings (SSSR count). The first-order valence-electron chi connectivity index (χ1n) is 6.23. The Bertz CT molecular complexity index is 521. The summed E-state index contributed by atoms with van der Waals surface area (Å²) in [5.41, 5.74) is -0.357. The van der Waals surface area contributed by atoms with Gasteiger partial charge in [-0.05, 0) is 25.0 Å². The lowest BCUT2D eigenvalue weighted by molar-refractivity contribution is -0.137. The van der Waals surface area contributed by atoms with Gasteiger partial charge in [0.05, 0.1) is 17.2 Å². The molecule has 0 aliphatic heterocycles. The number of aliphatic hydroxyl groups is 1. The minimum Gasteiger partial charge on any atom is -0.391 e. The van der Waals surface area contributed by atoms with Gasteiger partial charge in [0.25, 0.3) is 0 Å². The monoisotopic (exact) mass is 315 g/mol. The van der Waals surface area contributed by atoms with Crippen LogP contribution in [-0.2, 0) is 6.18 Å². The first kappa shape index (κ1) is 17.5. The topological polar surface area (TPSA) is 44.1 Å². The van der Waals surface area contributed by atoms with Crippen LogP contribution in [0.5, 0.6) is 0 Å². The van der Waals surface area contributed by atoms with Crippen molar-refractivity contribution in [2.75, 3.05) is 6.61 Å². The Hall–Kier alpha value is -1.53. The Morgan fingerprint density at radius 3 is 2.33 bits per heavy atom. The standard InChI is InChI=1S/C15H16F3NOS/c1-2-3-4-5-13(10-20)21-14(19)11-6-8-12(9-7-11)15(16,17)18/h2,5-9,19-20H,1,3-4,10H2/b13-5+,19-14?. The molecule has 2 nitrogen and oxygen atoms in total. The molecule has 0 radical (unpaired) electrons. The summed E-state index contributed by atoms with van der Waals surface area (Å²) in [5.74, 6) is 0. The molecular weight excluding hydrogens is 299 g/mol. The summed E-state index contributed by atoms with van der Waals surface area (Å²) in [5, 5.41) is 17.2. The van der Waals surface area contributed by atoms with Crippen LogP contribution in [-0.4, -0.2) is 16.8 Å². The van der Waals surface area contributed by atoms with Crippen LogP contribution in [0.1, 0.15) is 24.0 Å². The van der Waals surface area contributed by atoms with E-state index in [0.717, 1.165) is 30.3 Å². The Morgan fingerprint density at radius 2 is 1.86 bits per heavy atom. The number of aliphatic hydroxyl groups excluding tert-OH is 1. The summed E-state index contributed by atoms with van der Waals surface area (Å²) >= 11 is 1.04. The summed E-state index contributed by atoms with van der Waals surface area (Å²) in [7, 11) is 0. The minimum atomic E-state index is -4.38. The third kappa shape index (κ3) is 5.77. The van der Waals surface area contributed by atoms with Crippen molar-refractivity contribution in [1.29, 1.82) is 5.41 Å². The zero-order valence-corrected chi connectivity index (χ0v) is 12.1. The van der Waals surface area contributed by atoms with Crippen molar-refractivity contribution in [1.82, 2.24) is 0 Å². The predicted octanol–water partition coefficient (Wildman–Crippen LogP) is 4.61. The van der Waals surface area contributed by atoms with Crippen LogP contribution in [0.4, 0.5) is 13.2 Å². The lowest BCUT2D eigenvalue weighted by Gasteiger charge is -2.09. The normalized spacial score (nSPS) is 12.3. The number of rotatable bonds is 6. The van der Waals surface area contributed by atoms with Gasteiger partial charge in [-0.25, -0.2) is 0 Å². The van der Waals surface area contributed by atoms with Crippen molar-refractivity contribution in [2.45, 2.75) is 19.0 Å². The average molecular weight is 315 g/mol. The molecule has 0 bridgehead atoms. The highest BCUT2D eigenvalue weighted by molar-refractivity contribution is 8.17. The van der Waals surface area contributed by atoms with Gasteiger partial charge < -0.3 is 5.11 Å². The molecule has 2 N–H and O–H groups in total. The summed E-state index contributed by atoms with van der Waals surface area (Å²) < 4.78 is 37.3. The van der Waals surface area contributed by atoms with E-state index in [1.165, 1.54) is 12.1 Å². The zero-order chi connectivity index (χ0) is 15.9. The van der Waals surface area contributed by atoms with E-state index in [1.54, 1.807) is 12.2 Å². The summed E-state index contributed by atoms with van der Waals surface area (Å²) in [4.78, 5) is 0.599. The lowest BCUT2D eigenvalue weighted by atomic mass is 10.1. The van der Waals surface area contributed by atoms with E-state index in [1.807, 2.05) is 0 Å². The molecule has 0 saturated heterocycles. The van der Waals surface area contributed by atoms with Gasteiger partial charge in [0.1, 0.15) is 0 Å². The van der Waals surface area contributed by atoms with E-state index in [4.69, 9.17) is 5.41 Å². The third-order valence-electron chi connectivity index (χ3n) is 2.61. The molecule has 0 aliphatic rings. The molecule has 0 saturated carbocycles. The highest BCUT2D eigenvalue weighted by Gasteiger charge is 2.30. The van der Waals surface area contributed by atoms with Gasteiger partial charge in [-0.1, -0.05) is 36.0 Å². The fraction of sp³-hybridized carbons (Fsp3) is 0.267. The van der Waals surface area contributed by atoms with Crippen molar-refractivity contribution in [3.8, 4) is 0 Å². The van der Waals surface area contributed by atoms with E-state index in [-0.39, 0.29) is 11.7 Å². The molecule has 6 heteroatoms. The maximum atomic E-state index is 12.4. The molecule has 0 heterocycles. The number of alkyl halides is 3. The van der Waals surface area contributed by atoms with E-state index in [2.05, 4.69) is 6.58 Å². The first-order chi connectivity index (χ1) is 9.88. The molecule has 1 aromatic carbocycles. The van der Waals surface area contributed by atoms with Gasteiger partial charge in [0.2, 0.25) is 0 Å². The van der Waals surface area contributed by atoms with E-state index in [0.29, 0.717) is 16.9 Å². The summed E-state index contributed by atoms with van der Waals surface area (Å²) in [6.45, 7) is 3.38. The Morgan fingerprint density at radius 1 is 1.24 bits per heavy atom. The number of nitrogens with one attached hydrogen (secondary N) is 1. The summed E-state index contributed by atoms with van der Waals surface area (Å²) in [6, 6.07) is 4.42. The fourth-order valence-corrected chi connectivity index (χ4v) is 2.28. The van der Waals surface area contributed by atoms with Crippen LogP contribution in [0.25, 0.3) is 0 Å². The molecular formula is C15H16F3NOS.